The highest BCUT2D eigenvalue weighted by atomic mass is 79.9. The Labute approximate surface area is 153 Å². The third-order valence-electron chi connectivity index (χ3n) is 3.26. The molecule has 1 aromatic heterocycles. The van der Waals surface area contributed by atoms with Crippen LogP contribution in [0.4, 0.5) is 5.69 Å². The van der Waals surface area contributed by atoms with E-state index in [0.29, 0.717) is 23.4 Å². The summed E-state index contributed by atoms with van der Waals surface area (Å²) in [5.41, 5.74) is 3.01. The van der Waals surface area contributed by atoms with Crippen molar-refractivity contribution in [2.45, 2.75) is 13.5 Å². The first-order chi connectivity index (χ1) is 11.6. The van der Waals surface area contributed by atoms with Crippen molar-refractivity contribution >= 4 is 38.9 Å². The van der Waals surface area contributed by atoms with Gasteiger partial charge >= 0.3 is 0 Å². The molecule has 0 aliphatic rings. The second-order valence-corrected chi connectivity index (χ2v) is 6.52. The number of benzene rings is 2. The first-order valence-corrected chi connectivity index (χ1v) is 8.50. The Hall–Kier alpha value is -2.25. The summed E-state index contributed by atoms with van der Waals surface area (Å²) in [5, 5.41) is 10.6. The van der Waals surface area contributed by atoms with E-state index in [1.54, 1.807) is 0 Å². The van der Waals surface area contributed by atoms with Gasteiger partial charge < -0.3 is 15.2 Å². The van der Waals surface area contributed by atoms with Crippen molar-refractivity contribution < 1.29 is 4.52 Å². The minimum atomic E-state index is 0.360. The van der Waals surface area contributed by atoms with Gasteiger partial charge in [0.25, 0.3) is 0 Å². The number of halogens is 1. The van der Waals surface area contributed by atoms with Gasteiger partial charge in [0, 0.05) is 15.7 Å². The highest BCUT2D eigenvalue weighted by molar-refractivity contribution is 9.10. The summed E-state index contributed by atoms with van der Waals surface area (Å²) in [7, 11) is 0. The Morgan fingerprint density at radius 2 is 2.00 bits per heavy atom. The number of rotatable bonds is 4. The first-order valence-electron chi connectivity index (χ1n) is 7.30. The van der Waals surface area contributed by atoms with E-state index in [4.69, 9.17) is 16.7 Å². The van der Waals surface area contributed by atoms with Crippen molar-refractivity contribution in [3.05, 3.63) is 64.5 Å². The van der Waals surface area contributed by atoms with E-state index in [1.807, 2.05) is 55.5 Å². The van der Waals surface area contributed by atoms with Gasteiger partial charge in [-0.05, 0) is 37.3 Å². The molecule has 0 atom stereocenters. The van der Waals surface area contributed by atoms with Crippen LogP contribution in [0.1, 0.15) is 11.5 Å². The maximum absolute atomic E-state index is 5.27. The van der Waals surface area contributed by atoms with E-state index < -0.39 is 0 Å². The van der Waals surface area contributed by atoms with Crippen molar-refractivity contribution in [1.82, 2.24) is 15.5 Å². The van der Waals surface area contributed by atoms with Crippen LogP contribution in [0, 0.1) is 6.92 Å². The number of anilines is 1. The van der Waals surface area contributed by atoms with Gasteiger partial charge in [-0.2, -0.15) is 4.98 Å². The summed E-state index contributed by atoms with van der Waals surface area (Å²) in [4.78, 5) is 4.37. The molecule has 0 saturated carbocycles. The molecule has 122 valence electrons. The number of nitrogens with zero attached hydrogens (tertiary/aromatic N) is 2. The molecule has 2 N–H and O–H groups in total. The van der Waals surface area contributed by atoms with Crippen LogP contribution < -0.4 is 10.6 Å². The number of aryl methyl sites for hydroxylation is 1. The smallest absolute Gasteiger partial charge is 0.246 e. The van der Waals surface area contributed by atoms with Gasteiger partial charge in [-0.15, -0.1) is 0 Å². The fourth-order valence-electron chi connectivity index (χ4n) is 2.04. The summed E-state index contributed by atoms with van der Waals surface area (Å²) in [6.45, 7) is 2.40. The van der Waals surface area contributed by atoms with Crippen molar-refractivity contribution in [1.29, 1.82) is 0 Å². The second-order valence-electron chi connectivity index (χ2n) is 5.20. The minimum Gasteiger partial charge on any atom is -0.353 e. The molecule has 0 bridgehead atoms. The number of thiocarbonyl (C=S) groups is 1. The third-order valence-corrected chi connectivity index (χ3v) is 4.00. The van der Waals surface area contributed by atoms with Crippen LogP contribution in [0.5, 0.6) is 0 Å². The number of hydrogen-bond acceptors (Lipinski definition) is 4. The zero-order chi connectivity index (χ0) is 16.9. The van der Waals surface area contributed by atoms with Crippen LogP contribution in [-0.4, -0.2) is 15.3 Å². The molecule has 5 nitrogen and oxygen atoms in total. The number of nitrogens with one attached hydrogen (secondary N) is 2. The Balaban J connectivity index is 1.57. The SMILES string of the molecule is Cc1ccc(-c2noc(CNC(=S)Nc3cccc(Br)c3)n2)cc1. The molecular weight excluding hydrogens is 388 g/mol. The number of aromatic nitrogens is 2. The molecule has 24 heavy (non-hydrogen) atoms. The molecular formula is C17H15BrN4OS. The van der Waals surface area contributed by atoms with E-state index in [0.717, 1.165) is 15.7 Å². The highest BCUT2D eigenvalue weighted by Crippen LogP contribution is 2.17. The third kappa shape index (κ3) is 4.39. The number of hydrogen-bond donors (Lipinski definition) is 2. The average Bonchev–Trinajstić information content (AvgIpc) is 3.03. The van der Waals surface area contributed by atoms with Crippen molar-refractivity contribution in [2.24, 2.45) is 0 Å². The maximum Gasteiger partial charge on any atom is 0.246 e. The molecule has 0 amide bonds. The fraction of sp³-hybridized carbons (Fsp3) is 0.118. The van der Waals surface area contributed by atoms with Gasteiger partial charge in [0.2, 0.25) is 11.7 Å². The lowest BCUT2D eigenvalue weighted by Gasteiger charge is -2.08. The van der Waals surface area contributed by atoms with Crippen LogP contribution in [-0.2, 0) is 6.54 Å². The normalized spacial score (nSPS) is 10.4. The molecule has 0 aliphatic heterocycles. The quantitative estimate of drug-likeness (QED) is 0.634. The zero-order valence-electron chi connectivity index (χ0n) is 12.9. The van der Waals surface area contributed by atoms with Crippen LogP contribution in [0.3, 0.4) is 0 Å². The monoisotopic (exact) mass is 402 g/mol. The highest BCUT2D eigenvalue weighted by Gasteiger charge is 2.09. The summed E-state index contributed by atoms with van der Waals surface area (Å²) in [6.07, 6.45) is 0. The van der Waals surface area contributed by atoms with Gasteiger partial charge in [-0.1, -0.05) is 57.0 Å². The molecule has 0 unspecified atom stereocenters. The summed E-state index contributed by atoms with van der Waals surface area (Å²) >= 11 is 8.69. The van der Waals surface area contributed by atoms with Gasteiger partial charge in [-0.3, -0.25) is 0 Å². The van der Waals surface area contributed by atoms with E-state index >= 15 is 0 Å². The largest absolute Gasteiger partial charge is 0.353 e. The predicted octanol–water partition coefficient (Wildman–Crippen LogP) is 4.29. The summed E-state index contributed by atoms with van der Waals surface area (Å²) < 4.78 is 6.23. The first kappa shape index (κ1) is 16.6. The lowest BCUT2D eigenvalue weighted by molar-refractivity contribution is 0.376. The van der Waals surface area contributed by atoms with E-state index in [2.05, 4.69) is 36.7 Å². The summed E-state index contributed by atoms with van der Waals surface area (Å²) in [6, 6.07) is 15.7. The zero-order valence-corrected chi connectivity index (χ0v) is 15.3. The van der Waals surface area contributed by atoms with Gasteiger partial charge in [-0.25, -0.2) is 0 Å². The molecule has 2 aromatic carbocycles. The molecule has 0 fully saturated rings. The van der Waals surface area contributed by atoms with Crippen LogP contribution >= 0.6 is 28.1 Å². The molecule has 7 heteroatoms. The topological polar surface area (TPSA) is 63.0 Å². The fourth-order valence-corrected chi connectivity index (χ4v) is 2.63. The maximum atomic E-state index is 5.27. The average molecular weight is 403 g/mol. The standard InChI is InChI=1S/C17H15BrN4OS/c1-11-5-7-12(8-6-11)16-21-15(23-22-16)10-19-17(24)20-14-4-2-3-13(18)9-14/h2-9H,10H2,1H3,(H2,19,20,24). The molecule has 0 radical (unpaired) electrons. The minimum absolute atomic E-state index is 0.360. The van der Waals surface area contributed by atoms with Crippen LogP contribution in [0.2, 0.25) is 0 Å². The molecule has 0 spiro atoms. The van der Waals surface area contributed by atoms with Crippen molar-refractivity contribution in [3.63, 3.8) is 0 Å². The van der Waals surface area contributed by atoms with Crippen molar-refractivity contribution in [3.8, 4) is 11.4 Å². The van der Waals surface area contributed by atoms with E-state index in [1.165, 1.54) is 5.56 Å². The Bertz CT molecular complexity index is 848. The van der Waals surface area contributed by atoms with Crippen LogP contribution in [0.15, 0.2) is 57.5 Å². The molecule has 0 aliphatic carbocycles. The summed E-state index contributed by atoms with van der Waals surface area (Å²) in [5.74, 6) is 1.04. The molecule has 0 saturated heterocycles. The predicted molar refractivity (Wildman–Crippen MR) is 102 cm³/mol. The Morgan fingerprint density at radius 3 is 2.75 bits per heavy atom. The Kier molecular flexibility index (Phi) is 5.22. The van der Waals surface area contributed by atoms with Crippen molar-refractivity contribution in [2.75, 3.05) is 5.32 Å². The lowest BCUT2D eigenvalue weighted by atomic mass is 10.1. The lowest BCUT2D eigenvalue weighted by Crippen LogP contribution is -2.27. The molecule has 1 heterocycles. The van der Waals surface area contributed by atoms with E-state index in [9.17, 15) is 0 Å². The van der Waals surface area contributed by atoms with E-state index in [-0.39, 0.29) is 0 Å². The van der Waals surface area contributed by atoms with Crippen LogP contribution in [0.25, 0.3) is 11.4 Å². The Morgan fingerprint density at radius 1 is 1.21 bits per heavy atom. The van der Waals surface area contributed by atoms with Gasteiger partial charge in [0.1, 0.15) is 0 Å². The van der Waals surface area contributed by atoms with Gasteiger partial charge in [0.05, 0.1) is 6.54 Å². The second kappa shape index (κ2) is 7.55. The molecule has 3 aromatic rings. The van der Waals surface area contributed by atoms with Gasteiger partial charge in [0.15, 0.2) is 5.11 Å². The molecule has 3 rings (SSSR count).